The Morgan fingerprint density at radius 2 is 1.86 bits per heavy atom. The number of aromatic nitrogens is 3. The zero-order valence-corrected chi connectivity index (χ0v) is 16.9. The van der Waals surface area contributed by atoms with Crippen molar-refractivity contribution in [2.75, 3.05) is 20.8 Å². The Morgan fingerprint density at radius 1 is 1.11 bits per heavy atom. The molecule has 2 heterocycles. The number of imidazole rings is 1. The fraction of sp³-hybridized carbons (Fsp3) is 0.381. The maximum Gasteiger partial charge on any atom is 0.271 e. The van der Waals surface area contributed by atoms with Gasteiger partial charge in [-0.1, -0.05) is 26.8 Å². The molecule has 7 nitrogen and oxygen atoms in total. The highest BCUT2D eigenvalue weighted by atomic mass is 16.5. The Labute approximate surface area is 164 Å². The predicted octanol–water partition coefficient (Wildman–Crippen LogP) is 3.02. The topological polar surface area (TPSA) is 77.8 Å². The Hall–Kier alpha value is -3.09. The van der Waals surface area contributed by atoms with Crippen LogP contribution in [0.25, 0.3) is 5.65 Å². The lowest BCUT2D eigenvalue weighted by atomic mass is 9.93. The molecule has 1 N–H and O–H groups in total. The van der Waals surface area contributed by atoms with E-state index in [9.17, 15) is 4.79 Å². The lowest BCUT2D eigenvalue weighted by molar-refractivity contribution is 0.0948. The van der Waals surface area contributed by atoms with Crippen molar-refractivity contribution in [3.63, 3.8) is 0 Å². The molecule has 3 aromatic rings. The lowest BCUT2D eigenvalue weighted by Gasteiger charge is -2.13. The van der Waals surface area contributed by atoms with Crippen LogP contribution in [0.2, 0.25) is 0 Å². The van der Waals surface area contributed by atoms with Gasteiger partial charge in [-0.05, 0) is 36.2 Å². The highest BCUT2D eigenvalue weighted by molar-refractivity contribution is 5.92. The number of ether oxygens (including phenoxy) is 2. The van der Waals surface area contributed by atoms with Crippen LogP contribution in [0.15, 0.2) is 36.5 Å². The van der Waals surface area contributed by atoms with Crippen LogP contribution in [0, 0.1) is 0 Å². The van der Waals surface area contributed by atoms with Gasteiger partial charge >= 0.3 is 0 Å². The third-order valence-corrected chi connectivity index (χ3v) is 4.47. The van der Waals surface area contributed by atoms with Crippen LogP contribution >= 0.6 is 0 Å². The fourth-order valence-corrected chi connectivity index (χ4v) is 2.81. The van der Waals surface area contributed by atoms with Crippen molar-refractivity contribution in [1.82, 2.24) is 19.9 Å². The molecule has 0 aliphatic carbocycles. The monoisotopic (exact) mass is 382 g/mol. The van der Waals surface area contributed by atoms with Gasteiger partial charge < -0.3 is 14.8 Å². The maximum absolute atomic E-state index is 12.5. The van der Waals surface area contributed by atoms with E-state index >= 15 is 0 Å². The van der Waals surface area contributed by atoms with Crippen LogP contribution in [-0.2, 0) is 11.8 Å². The van der Waals surface area contributed by atoms with Crippen LogP contribution in [0.5, 0.6) is 11.5 Å². The van der Waals surface area contributed by atoms with E-state index in [0.29, 0.717) is 30.2 Å². The van der Waals surface area contributed by atoms with Gasteiger partial charge in [-0.25, -0.2) is 9.50 Å². The van der Waals surface area contributed by atoms with Crippen LogP contribution in [-0.4, -0.2) is 41.3 Å². The normalized spacial score (nSPS) is 11.5. The molecule has 0 spiro atoms. The number of carbonyl (C=O) groups excluding carboxylic acids is 1. The summed E-state index contributed by atoms with van der Waals surface area (Å²) in [5, 5.41) is 7.30. The molecule has 7 heteroatoms. The number of hydrogen-bond acceptors (Lipinski definition) is 5. The van der Waals surface area contributed by atoms with Crippen molar-refractivity contribution in [2.45, 2.75) is 32.6 Å². The van der Waals surface area contributed by atoms with Gasteiger partial charge in [-0.3, -0.25) is 4.79 Å². The minimum Gasteiger partial charge on any atom is -0.493 e. The summed E-state index contributed by atoms with van der Waals surface area (Å²) in [6.45, 7) is 6.77. The van der Waals surface area contributed by atoms with E-state index in [1.165, 1.54) is 0 Å². The van der Waals surface area contributed by atoms with Gasteiger partial charge in [0.1, 0.15) is 5.69 Å². The number of carbonyl (C=O) groups is 1. The number of amides is 1. The van der Waals surface area contributed by atoms with Crippen LogP contribution in [0.3, 0.4) is 0 Å². The van der Waals surface area contributed by atoms with Gasteiger partial charge in [0.25, 0.3) is 5.91 Å². The summed E-state index contributed by atoms with van der Waals surface area (Å²) in [7, 11) is 3.21. The first-order valence-electron chi connectivity index (χ1n) is 9.18. The summed E-state index contributed by atoms with van der Waals surface area (Å²) >= 11 is 0. The van der Waals surface area contributed by atoms with Crippen LogP contribution in [0.4, 0.5) is 0 Å². The van der Waals surface area contributed by atoms with Gasteiger partial charge in [-0.2, -0.15) is 5.10 Å². The van der Waals surface area contributed by atoms with Crippen LogP contribution < -0.4 is 14.8 Å². The molecule has 0 saturated heterocycles. The molecule has 0 radical (unpaired) electrons. The molecule has 0 fully saturated rings. The first-order chi connectivity index (χ1) is 13.3. The van der Waals surface area contributed by atoms with E-state index in [2.05, 4.69) is 36.2 Å². The second-order valence-electron chi connectivity index (χ2n) is 7.59. The van der Waals surface area contributed by atoms with Gasteiger partial charge in [0, 0.05) is 12.0 Å². The quantitative estimate of drug-likeness (QED) is 0.709. The molecule has 3 rings (SSSR count). The highest BCUT2D eigenvalue weighted by Crippen LogP contribution is 2.27. The molecule has 0 atom stereocenters. The minimum absolute atomic E-state index is 0.0739. The summed E-state index contributed by atoms with van der Waals surface area (Å²) in [5.41, 5.74) is 3.00. The van der Waals surface area contributed by atoms with Crippen molar-refractivity contribution in [3.05, 3.63) is 53.5 Å². The van der Waals surface area contributed by atoms with E-state index in [-0.39, 0.29) is 11.3 Å². The molecule has 1 aromatic carbocycles. The second kappa shape index (κ2) is 7.88. The lowest BCUT2D eigenvalue weighted by Crippen LogP contribution is -2.27. The molecular weight excluding hydrogens is 356 g/mol. The van der Waals surface area contributed by atoms with Crippen molar-refractivity contribution in [2.24, 2.45) is 0 Å². The summed E-state index contributed by atoms with van der Waals surface area (Å²) in [4.78, 5) is 17.0. The maximum atomic E-state index is 12.5. The number of benzene rings is 1. The summed E-state index contributed by atoms with van der Waals surface area (Å²) < 4.78 is 12.2. The molecule has 0 saturated carbocycles. The minimum atomic E-state index is -0.214. The van der Waals surface area contributed by atoms with Crippen molar-refractivity contribution >= 4 is 11.6 Å². The number of rotatable bonds is 6. The zero-order valence-electron chi connectivity index (χ0n) is 16.9. The Balaban J connectivity index is 1.65. The largest absolute Gasteiger partial charge is 0.493 e. The first kappa shape index (κ1) is 19.7. The fourth-order valence-electron chi connectivity index (χ4n) is 2.81. The highest BCUT2D eigenvalue weighted by Gasteiger charge is 2.18. The van der Waals surface area contributed by atoms with Gasteiger partial charge in [0.2, 0.25) is 0 Å². The van der Waals surface area contributed by atoms with Gasteiger partial charge in [0.15, 0.2) is 17.1 Å². The van der Waals surface area contributed by atoms with Crippen molar-refractivity contribution in [3.8, 4) is 11.5 Å². The zero-order chi connectivity index (χ0) is 20.3. The van der Waals surface area contributed by atoms with Gasteiger partial charge in [0.05, 0.1) is 26.1 Å². The second-order valence-corrected chi connectivity index (χ2v) is 7.59. The standard InChI is InChI=1S/C21H26N4O3/c1-21(2,3)18-13-25-19(23-18)9-7-15(24-25)20(26)22-11-10-14-6-8-16(27-4)17(12-14)28-5/h6-9,12-13H,10-11H2,1-5H3,(H,22,26). The Bertz CT molecular complexity index is 989. The third-order valence-electron chi connectivity index (χ3n) is 4.47. The van der Waals surface area contributed by atoms with E-state index in [4.69, 9.17) is 9.47 Å². The summed E-state index contributed by atoms with van der Waals surface area (Å²) in [6.07, 6.45) is 2.54. The Kier molecular flexibility index (Phi) is 5.53. The van der Waals surface area contributed by atoms with E-state index in [0.717, 1.165) is 16.9 Å². The first-order valence-corrected chi connectivity index (χ1v) is 9.18. The van der Waals surface area contributed by atoms with Crippen LogP contribution in [0.1, 0.15) is 42.5 Å². The molecule has 1 amide bonds. The summed E-state index contributed by atoms with van der Waals surface area (Å²) in [5.74, 6) is 1.14. The number of hydrogen-bond donors (Lipinski definition) is 1. The molecular formula is C21H26N4O3. The summed E-state index contributed by atoms with van der Waals surface area (Å²) in [6, 6.07) is 9.23. The number of nitrogens with one attached hydrogen (secondary N) is 1. The average molecular weight is 382 g/mol. The molecule has 28 heavy (non-hydrogen) atoms. The third kappa shape index (κ3) is 4.24. The van der Waals surface area contributed by atoms with Gasteiger partial charge in [-0.15, -0.1) is 0 Å². The number of methoxy groups -OCH3 is 2. The molecule has 148 valence electrons. The van der Waals surface area contributed by atoms with Crippen molar-refractivity contribution < 1.29 is 14.3 Å². The molecule has 0 aliphatic heterocycles. The molecule has 2 aromatic heterocycles. The Morgan fingerprint density at radius 3 is 2.54 bits per heavy atom. The number of nitrogens with zero attached hydrogens (tertiary/aromatic N) is 3. The average Bonchev–Trinajstić information content (AvgIpc) is 3.11. The van der Waals surface area contributed by atoms with Crippen molar-refractivity contribution in [1.29, 1.82) is 0 Å². The molecule has 0 bridgehead atoms. The van der Waals surface area contributed by atoms with E-state index in [1.807, 2.05) is 30.5 Å². The SMILES string of the molecule is COc1ccc(CCNC(=O)c2ccc3nc(C(C)(C)C)cn3n2)cc1OC. The molecule has 0 unspecified atom stereocenters. The van der Waals surface area contributed by atoms with E-state index in [1.54, 1.807) is 24.8 Å². The predicted molar refractivity (Wildman–Crippen MR) is 107 cm³/mol. The number of fused-ring (bicyclic) bond motifs is 1. The smallest absolute Gasteiger partial charge is 0.271 e. The molecule has 0 aliphatic rings. The van der Waals surface area contributed by atoms with E-state index < -0.39 is 0 Å².